The van der Waals surface area contributed by atoms with Gasteiger partial charge in [0.15, 0.2) is 11.5 Å². The Labute approximate surface area is 115 Å². The first kappa shape index (κ1) is 13.5. The summed E-state index contributed by atoms with van der Waals surface area (Å²) in [7, 11) is 1.36. The van der Waals surface area contributed by atoms with Gasteiger partial charge < -0.3 is 14.6 Å². The van der Waals surface area contributed by atoms with Crippen LogP contribution in [0.25, 0.3) is 11.2 Å². The van der Waals surface area contributed by atoms with E-state index in [2.05, 4.69) is 25.0 Å². The van der Waals surface area contributed by atoms with Crippen LogP contribution < -0.4 is 5.32 Å². The maximum atomic E-state index is 11.1. The summed E-state index contributed by atoms with van der Waals surface area (Å²) < 4.78 is 6.48. The van der Waals surface area contributed by atoms with Crippen molar-refractivity contribution in [2.45, 2.75) is 19.9 Å². The first-order valence-corrected chi connectivity index (χ1v) is 6.22. The Kier molecular flexibility index (Phi) is 4.16. The lowest BCUT2D eigenvalue weighted by Gasteiger charge is -2.08. The maximum Gasteiger partial charge on any atom is 0.307 e. The van der Waals surface area contributed by atoms with Crippen molar-refractivity contribution in [1.29, 1.82) is 0 Å². The number of ether oxygens (including phenoxy) is 1. The van der Waals surface area contributed by atoms with Gasteiger partial charge in [-0.05, 0) is 18.5 Å². The molecule has 2 heterocycles. The molecule has 1 N–H and O–H groups in total. The van der Waals surface area contributed by atoms with Crippen LogP contribution in [0.4, 0.5) is 5.82 Å². The van der Waals surface area contributed by atoms with E-state index in [-0.39, 0.29) is 17.7 Å². The normalized spacial score (nSPS) is 10.7. The number of fused-ring (bicyclic) bond motifs is 1. The quantitative estimate of drug-likeness (QED) is 0.661. The molecule has 102 valence electrons. The fraction of sp³-hybridized carbons (Fsp3) is 0.455. The van der Waals surface area contributed by atoms with Crippen LogP contribution in [-0.4, -0.2) is 39.1 Å². The number of anilines is 1. The third-order valence-electron chi connectivity index (χ3n) is 2.63. The first-order chi connectivity index (χ1) is 9.15. The molecule has 19 heavy (non-hydrogen) atoms. The highest BCUT2D eigenvalue weighted by Gasteiger charge is 2.12. The Morgan fingerprint density at radius 2 is 2.32 bits per heavy atom. The third-order valence-corrected chi connectivity index (χ3v) is 2.80. The predicted molar refractivity (Wildman–Crippen MR) is 71.1 cm³/mol. The second-order valence-electron chi connectivity index (χ2n) is 3.80. The van der Waals surface area contributed by atoms with Crippen LogP contribution in [0.3, 0.4) is 0 Å². The molecule has 0 aliphatic rings. The van der Waals surface area contributed by atoms with E-state index in [1.54, 1.807) is 6.33 Å². The molecule has 0 spiro atoms. The van der Waals surface area contributed by atoms with Gasteiger partial charge in [0.25, 0.3) is 0 Å². The van der Waals surface area contributed by atoms with Crippen molar-refractivity contribution in [1.82, 2.24) is 19.5 Å². The zero-order valence-corrected chi connectivity index (χ0v) is 11.4. The average Bonchev–Trinajstić information content (AvgIpc) is 2.81. The molecule has 7 nitrogen and oxygen atoms in total. The molecule has 0 aliphatic heterocycles. The maximum absolute atomic E-state index is 11.1. The summed E-state index contributed by atoms with van der Waals surface area (Å²) in [5, 5.41) is 3.18. The highest BCUT2D eigenvalue weighted by Crippen LogP contribution is 2.21. The van der Waals surface area contributed by atoms with Gasteiger partial charge in [-0.3, -0.25) is 4.79 Å². The minimum atomic E-state index is -0.284. The Bertz CT molecular complexity index is 598. The van der Waals surface area contributed by atoms with Gasteiger partial charge in [0.2, 0.25) is 5.28 Å². The van der Waals surface area contributed by atoms with Gasteiger partial charge in [-0.25, -0.2) is 4.98 Å². The van der Waals surface area contributed by atoms with Gasteiger partial charge in [0.1, 0.15) is 5.52 Å². The lowest BCUT2D eigenvalue weighted by Crippen LogP contribution is -2.12. The molecule has 0 saturated carbocycles. The highest BCUT2D eigenvalue weighted by molar-refractivity contribution is 6.28. The number of halogens is 1. The summed E-state index contributed by atoms with van der Waals surface area (Å²) in [6.45, 7) is 3.14. The summed E-state index contributed by atoms with van der Waals surface area (Å²) in [4.78, 5) is 23.4. The van der Waals surface area contributed by atoms with Crippen LogP contribution in [0.15, 0.2) is 6.33 Å². The van der Waals surface area contributed by atoms with E-state index in [0.717, 1.165) is 12.1 Å². The SMILES string of the molecule is CCn1cnc2nc(Cl)nc(NCCC(=O)OC)c21. The molecule has 8 heteroatoms. The molecule has 0 saturated heterocycles. The summed E-state index contributed by atoms with van der Waals surface area (Å²) >= 11 is 5.84. The van der Waals surface area contributed by atoms with Crippen LogP contribution in [0, 0.1) is 0 Å². The molecule has 0 amide bonds. The third kappa shape index (κ3) is 2.93. The molecular weight excluding hydrogens is 270 g/mol. The molecule has 0 fully saturated rings. The largest absolute Gasteiger partial charge is 0.469 e. The number of nitrogens with zero attached hydrogens (tertiary/aromatic N) is 4. The lowest BCUT2D eigenvalue weighted by atomic mass is 10.4. The van der Waals surface area contributed by atoms with Crippen molar-refractivity contribution >= 4 is 34.6 Å². The number of carbonyl (C=O) groups is 1. The van der Waals surface area contributed by atoms with Crippen molar-refractivity contribution in [3.63, 3.8) is 0 Å². The number of aromatic nitrogens is 4. The number of hydrogen-bond acceptors (Lipinski definition) is 6. The number of nitrogens with one attached hydrogen (secondary N) is 1. The molecule has 0 unspecified atom stereocenters. The topological polar surface area (TPSA) is 81.9 Å². The standard InChI is InChI=1S/C11H14ClN5O2/c1-3-17-6-14-10-8(17)9(15-11(12)16-10)13-5-4-7(18)19-2/h6H,3-5H2,1-2H3,(H,13,15,16). The van der Waals surface area contributed by atoms with Gasteiger partial charge in [-0.15, -0.1) is 0 Å². The average molecular weight is 284 g/mol. The molecule has 0 aromatic carbocycles. The van der Waals surface area contributed by atoms with Crippen LogP contribution in [0.5, 0.6) is 0 Å². The van der Waals surface area contributed by atoms with Gasteiger partial charge >= 0.3 is 5.97 Å². The van der Waals surface area contributed by atoms with Gasteiger partial charge in [-0.2, -0.15) is 9.97 Å². The Morgan fingerprint density at radius 3 is 3.00 bits per heavy atom. The molecule has 2 aromatic heterocycles. The molecule has 2 rings (SSSR count). The molecule has 0 bridgehead atoms. The number of rotatable bonds is 5. The van der Waals surface area contributed by atoms with E-state index in [1.807, 2.05) is 11.5 Å². The molecule has 0 atom stereocenters. The number of imidazole rings is 1. The predicted octanol–water partition coefficient (Wildman–Crippen LogP) is 1.47. The second-order valence-corrected chi connectivity index (χ2v) is 4.14. The van der Waals surface area contributed by atoms with Crippen molar-refractivity contribution < 1.29 is 9.53 Å². The molecular formula is C11H14ClN5O2. The number of esters is 1. The van der Waals surface area contributed by atoms with E-state index >= 15 is 0 Å². The second kappa shape index (κ2) is 5.83. The number of aryl methyl sites for hydroxylation is 1. The summed E-state index contributed by atoms with van der Waals surface area (Å²) in [5.41, 5.74) is 1.30. The fourth-order valence-electron chi connectivity index (χ4n) is 1.70. The molecule has 0 aliphatic carbocycles. The zero-order chi connectivity index (χ0) is 13.8. The minimum Gasteiger partial charge on any atom is -0.469 e. The smallest absolute Gasteiger partial charge is 0.307 e. The Balaban J connectivity index is 2.25. The van der Waals surface area contributed by atoms with Crippen LogP contribution in [0.1, 0.15) is 13.3 Å². The minimum absolute atomic E-state index is 0.120. The zero-order valence-electron chi connectivity index (χ0n) is 10.7. The van der Waals surface area contributed by atoms with E-state index in [9.17, 15) is 4.79 Å². The van der Waals surface area contributed by atoms with Gasteiger partial charge in [0, 0.05) is 13.1 Å². The first-order valence-electron chi connectivity index (χ1n) is 5.84. The van der Waals surface area contributed by atoms with E-state index in [0.29, 0.717) is 18.0 Å². The molecule has 2 aromatic rings. The summed E-state index contributed by atoms with van der Waals surface area (Å²) in [6.07, 6.45) is 1.93. The molecule has 0 radical (unpaired) electrons. The monoisotopic (exact) mass is 283 g/mol. The Morgan fingerprint density at radius 1 is 1.53 bits per heavy atom. The van der Waals surface area contributed by atoms with E-state index < -0.39 is 0 Å². The number of hydrogen-bond donors (Lipinski definition) is 1. The van der Waals surface area contributed by atoms with Crippen molar-refractivity contribution in [2.75, 3.05) is 19.0 Å². The Hall–Kier alpha value is -1.89. The van der Waals surface area contributed by atoms with Crippen molar-refractivity contribution in [2.24, 2.45) is 0 Å². The van der Waals surface area contributed by atoms with Crippen LogP contribution >= 0.6 is 11.6 Å². The highest BCUT2D eigenvalue weighted by atomic mass is 35.5. The van der Waals surface area contributed by atoms with Crippen molar-refractivity contribution in [3.05, 3.63) is 11.6 Å². The van der Waals surface area contributed by atoms with Crippen LogP contribution in [0.2, 0.25) is 5.28 Å². The lowest BCUT2D eigenvalue weighted by molar-refractivity contribution is -0.140. The van der Waals surface area contributed by atoms with Crippen molar-refractivity contribution in [3.8, 4) is 0 Å². The summed E-state index contributed by atoms with van der Waals surface area (Å²) in [6, 6.07) is 0. The van der Waals surface area contributed by atoms with E-state index in [1.165, 1.54) is 7.11 Å². The fourth-order valence-corrected chi connectivity index (χ4v) is 1.87. The van der Waals surface area contributed by atoms with Crippen LogP contribution in [-0.2, 0) is 16.1 Å². The summed E-state index contributed by atoms with van der Waals surface area (Å²) in [5.74, 6) is 0.283. The van der Waals surface area contributed by atoms with Gasteiger partial charge in [-0.1, -0.05) is 0 Å². The number of methoxy groups -OCH3 is 1. The van der Waals surface area contributed by atoms with E-state index in [4.69, 9.17) is 11.6 Å². The van der Waals surface area contributed by atoms with Gasteiger partial charge in [0.05, 0.1) is 19.9 Å². The number of carbonyl (C=O) groups excluding carboxylic acids is 1.